The summed E-state index contributed by atoms with van der Waals surface area (Å²) < 4.78 is 37.3. The molecule has 0 radical (unpaired) electrons. The molecule has 2 aromatic carbocycles. The average Bonchev–Trinajstić information content (AvgIpc) is 2.65. The molecule has 1 N–H and O–H groups in total. The van der Waals surface area contributed by atoms with Crippen molar-refractivity contribution in [2.45, 2.75) is 11.8 Å². The minimum Gasteiger partial charge on any atom is -0.493 e. The van der Waals surface area contributed by atoms with Crippen molar-refractivity contribution in [2.75, 3.05) is 25.1 Å². The summed E-state index contributed by atoms with van der Waals surface area (Å²) in [4.78, 5) is 21.3. The molecular formula is C17H18N2O8S. The van der Waals surface area contributed by atoms with Crippen LogP contribution in [0.1, 0.15) is 5.56 Å². The first kappa shape index (κ1) is 21.0. The van der Waals surface area contributed by atoms with Crippen molar-refractivity contribution in [3.63, 3.8) is 0 Å². The summed E-state index contributed by atoms with van der Waals surface area (Å²) in [5.41, 5.74) is -0.181. The lowest BCUT2D eigenvalue weighted by atomic mass is 10.2. The van der Waals surface area contributed by atoms with Gasteiger partial charge in [-0.05, 0) is 24.6 Å². The number of nitro groups is 1. The molecule has 0 aliphatic rings. The molecule has 0 saturated carbocycles. The fourth-order valence-corrected chi connectivity index (χ4v) is 4.17. The Hall–Kier alpha value is -3.34. The highest BCUT2D eigenvalue weighted by molar-refractivity contribution is 7.93. The largest absolute Gasteiger partial charge is 0.493 e. The number of ether oxygens (including phenoxy) is 2. The van der Waals surface area contributed by atoms with Gasteiger partial charge in [-0.25, -0.2) is 8.42 Å². The number of hydrogen-bond acceptors (Lipinski definition) is 7. The van der Waals surface area contributed by atoms with Gasteiger partial charge in [0, 0.05) is 18.2 Å². The molecule has 2 aromatic rings. The highest BCUT2D eigenvalue weighted by atomic mass is 32.2. The Balaban J connectivity index is 2.67. The number of nitrogens with zero attached hydrogens (tertiary/aromatic N) is 2. The Labute approximate surface area is 161 Å². The first-order chi connectivity index (χ1) is 13.1. The van der Waals surface area contributed by atoms with E-state index in [0.29, 0.717) is 10.1 Å². The van der Waals surface area contributed by atoms with Gasteiger partial charge in [-0.3, -0.25) is 19.2 Å². The SMILES string of the molecule is COc1ccc(N(CC(=O)O)S(=O)(=O)c2cc([N+](=O)[O-])ccc2C)cc1OC. The van der Waals surface area contributed by atoms with Crippen LogP contribution in [-0.4, -0.2) is 45.2 Å². The van der Waals surface area contributed by atoms with Crippen LogP contribution in [0.2, 0.25) is 0 Å². The van der Waals surface area contributed by atoms with E-state index >= 15 is 0 Å². The van der Waals surface area contributed by atoms with Crippen molar-refractivity contribution in [2.24, 2.45) is 0 Å². The summed E-state index contributed by atoms with van der Waals surface area (Å²) in [6.45, 7) is 0.574. The van der Waals surface area contributed by atoms with Crippen LogP contribution in [0.15, 0.2) is 41.3 Å². The monoisotopic (exact) mass is 410 g/mol. The smallest absolute Gasteiger partial charge is 0.324 e. The fourth-order valence-electron chi connectivity index (χ4n) is 2.52. The van der Waals surface area contributed by atoms with E-state index in [9.17, 15) is 28.4 Å². The number of aliphatic carboxylic acids is 1. The molecule has 0 unspecified atom stereocenters. The van der Waals surface area contributed by atoms with E-state index in [-0.39, 0.29) is 21.9 Å². The lowest BCUT2D eigenvalue weighted by molar-refractivity contribution is -0.385. The fraction of sp³-hybridized carbons (Fsp3) is 0.235. The van der Waals surface area contributed by atoms with Gasteiger partial charge in [0.1, 0.15) is 6.54 Å². The van der Waals surface area contributed by atoms with Crippen LogP contribution in [0.4, 0.5) is 11.4 Å². The second-order valence-corrected chi connectivity index (χ2v) is 7.48. The van der Waals surface area contributed by atoms with E-state index in [0.717, 1.165) is 6.07 Å². The number of sulfonamides is 1. The summed E-state index contributed by atoms with van der Waals surface area (Å²) in [5.74, 6) is -0.881. The van der Waals surface area contributed by atoms with Gasteiger partial charge in [-0.15, -0.1) is 0 Å². The molecule has 0 fully saturated rings. The number of carboxylic acid groups (broad SMARTS) is 1. The normalized spacial score (nSPS) is 11.0. The molecule has 0 heterocycles. The van der Waals surface area contributed by atoms with E-state index in [2.05, 4.69) is 0 Å². The van der Waals surface area contributed by atoms with Crippen molar-refractivity contribution >= 4 is 27.4 Å². The molecular weight excluding hydrogens is 392 g/mol. The Morgan fingerprint density at radius 1 is 1.14 bits per heavy atom. The van der Waals surface area contributed by atoms with Gasteiger partial charge in [0.25, 0.3) is 15.7 Å². The number of hydrogen-bond donors (Lipinski definition) is 1. The summed E-state index contributed by atoms with van der Waals surface area (Å²) >= 11 is 0. The Bertz CT molecular complexity index is 1020. The highest BCUT2D eigenvalue weighted by Crippen LogP contribution is 2.34. The van der Waals surface area contributed by atoms with Gasteiger partial charge in [-0.2, -0.15) is 0 Å². The highest BCUT2D eigenvalue weighted by Gasteiger charge is 2.30. The molecule has 0 bridgehead atoms. The maximum absolute atomic E-state index is 13.2. The van der Waals surface area contributed by atoms with E-state index < -0.39 is 33.1 Å². The first-order valence-corrected chi connectivity index (χ1v) is 9.27. The van der Waals surface area contributed by atoms with E-state index in [1.807, 2.05) is 0 Å². The number of aryl methyl sites for hydroxylation is 1. The van der Waals surface area contributed by atoms with Gasteiger partial charge in [0.15, 0.2) is 11.5 Å². The van der Waals surface area contributed by atoms with Crippen LogP contribution < -0.4 is 13.8 Å². The third kappa shape index (κ3) is 4.14. The number of nitro benzene ring substituents is 1. The van der Waals surface area contributed by atoms with Crippen LogP contribution in [-0.2, 0) is 14.8 Å². The molecule has 150 valence electrons. The minimum absolute atomic E-state index is 0.00551. The van der Waals surface area contributed by atoms with Crippen molar-refractivity contribution < 1.29 is 32.7 Å². The number of carbonyl (C=O) groups is 1. The zero-order chi connectivity index (χ0) is 21.1. The quantitative estimate of drug-likeness (QED) is 0.517. The van der Waals surface area contributed by atoms with Crippen LogP contribution in [0, 0.1) is 17.0 Å². The van der Waals surface area contributed by atoms with E-state index in [1.165, 1.54) is 51.5 Å². The Morgan fingerprint density at radius 2 is 1.79 bits per heavy atom. The van der Waals surface area contributed by atoms with Crippen molar-refractivity contribution in [1.29, 1.82) is 0 Å². The van der Waals surface area contributed by atoms with Gasteiger partial charge in [-0.1, -0.05) is 6.07 Å². The molecule has 11 heteroatoms. The van der Waals surface area contributed by atoms with Crippen molar-refractivity contribution in [3.8, 4) is 11.5 Å². The second-order valence-electron chi connectivity index (χ2n) is 5.65. The van der Waals surface area contributed by atoms with E-state index in [1.54, 1.807) is 0 Å². The summed E-state index contributed by atoms with van der Waals surface area (Å²) in [5, 5.41) is 20.3. The predicted octanol–water partition coefficient (Wildman–Crippen LogP) is 2.20. The average molecular weight is 410 g/mol. The number of methoxy groups -OCH3 is 2. The maximum atomic E-state index is 13.2. The topological polar surface area (TPSA) is 136 Å². The summed E-state index contributed by atoms with van der Waals surface area (Å²) in [6.07, 6.45) is 0. The Kier molecular flexibility index (Phi) is 6.09. The summed E-state index contributed by atoms with van der Waals surface area (Å²) in [6, 6.07) is 7.46. The third-order valence-corrected chi connectivity index (χ3v) is 5.80. The Morgan fingerprint density at radius 3 is 2.32 bits per heavy atom. The zero-order valence-electron chi connectivity index (χ0n) is 15.3. The molecule has 10 nitrogen and oxygen atoms in total. The summed E-state index contributed by atoms with van der Waals surface area (Å²) in [7, 11) is -1.68. The lowest BCUT2D eigenvalue weighted by Gasteiger charge is -2.24. The van der Waals surface area contributed by atoms with Gasteiger partial charge in [0.05, 0.1) is 29.7 Å². The zero-order valence-corrected chi connectivity index (χ0v) is 16.1. The molecule has 0 amide bonds. The molecule has 0 aliphatic carbocycles. The number of anilines is 1. The second kappa shape index (κ2) is 8.13. The minimum atomic E-state index is -4.43. The van der Waals surface area contributed by atoms with Crippen LogP contribution >= 0.6 is 0 Å². The van der Waals surface area contributed by atoms with Crippen LogP contribution in [0.5, 0.6) is 11.5 Å². The first-order valence-electron chi connectivity index (χ1n) is 7.83. The molecule has 0 aromatic heterocycles. The predicted molar refractivity (Wildman–Crippen MR) is 99.5 cm³/mol. The standard InChI is InChI=1S/C17H18N2O8S/c1-11-4-5-13(19(22)23)9-16(11)28(24,25)18(10-17(20)21)12-6-7-14(26-2)15(8-12)27-3/h4-9H,10H2,1-3H3,(H,20,21). The van der Waals surface area contributed by atoms with Gasteiger partial charge >= 0.3 is 5.97 Å². The van der Waals surface area contributed by atoms with Crippen LogP contribution in [0.3, 0.4) is 0 Å². The molecule has 2 rings (SSSR count). The van der Waals surface area contributed by atoms with Gasteiger partial charge < -0.3 is 14.6 Å². The lowest BCUT2D eigenvalue weighted by Crippen LogP contribution is -2.36. The molecule has 0 atom stereocenters. The van der Waals surface area contributed by atoms with Crippen molar-refractivity contribution in [3.05, 3.63) is 52.1 Å². The number of carboxylic acids is 1. The number of rotatable bonds is 8. The van der Waals surface area contributed by atoms with Gasteiger partial charge in [0.2, 0.25) is 0 Å². The van der Waals surface area contributed by atoms with Crippen molar-refractivity contribution in [1.82, 2.24) is 0 Å². The molecule has 28 heavy (non-hydrogen) atoms. The maximum Gasteiger partial charge on any atom is 0.324 e. The molecule has 0 aliphatic heterocycles. The number of non-ortho nitro benzene ring substituents is 1. The molecule has 0 spiro atoms. The molecule has 0 saturated heterocycles. The van der Waals surface area contributed by atoms with E-state index in [4.69, 9.17) is 9.47 Å². The van der Waals surface area contributed by atoms with Crippen LogP contribution in [0.25, 0.3) is 0 Å². The third-order valence-electron chi connectivity index (χ3n) is 3.88. The number of benzene rings is 2.